The summed E-state index contributed by atoms with van der Waals surface area (Å²) in [6.07, 6.45) is 1.81. The normalized spacial score (nSPS) is 10.6. The van der Waals surface area contributed by atoms with Gasteiger partial charge in [-0.05, 0) is 43.0 Å². The standard InChI is InChI=1S/C16H21FO3/c1-12(2)10-11-20-16(19)5-3-4-15(18)13-6-8-14(17)9-7-13/h6-9,12H,3-5,10-11H2,1-2H3. The Kier molecular flexibility index (Phi) is 6.91. The topological polar surface area (TPSA) is 43.4 Å². The summed E-state index contributed by atoms with van der Waals surface area (Å²) in [5.74, 6) is -0.212. The summed E-state index contributed by atoms with van der Waals surface area (Å²) in [5.41, 5.74) is 0.472. The minimum absolute atomic E-state index is 0.0834. The van der Waals surface area contributed by atoms with Gasteiger partial charge in [-0.25, -0.2) is 4.39 Å². The fourth-order valence-electron chi connectivity index (χ4n) is 1.65. The summed E-state index contributed by atoms with van der Waals surface area (Å²) in [6.45, 7) is 4.56. The van der Waals surface area contributed by atoms with E-state index in [9.17, 15) is 14.0 Å². The lowest BCUT2D eigenvalue weighted by atomic mass is 10.1. The Morgan fingerprint density at radius 1 is 1.15 bits per heavy atom. The van der Waals surface area contributed by atoms with Crippen LogP contribution in [-0.2, 0) is 9.53 Å². The van der Waals surface area contributed by atoms with Crippen LogP contribution in [0, 0.1) is 11.7 Å². The van der Waals surface area contributed by atoms with E-state index in [0.29, 0.717) is 24.5 Å². The highest BCUT2D eigenvalue weighted by atomic mass is 19.1. The van der Waals surface area contributed by atoms with Gasteiger partial charge in [-0.3, -0.25) is 9.59 Å². The molecule has 3 nitrogen and oxygen atoms in total. The Morgan fingerprint density at radius 3 is 2.40 bits per heavy atom. The molecule has 1 aromatic rings. The largest absolute Gasteiger partial charge is 0.466 e. The van der Waals surface area contributed by atoms with Crippen molar-refractivity contribution in [2.24, 2.45) is 5.92 Å². The van der Waals surface area contributed by atoms with Gasteiger partial charge in [0.15, 0.2) is 5.78 Å². The minimum Gasteiger partial charge on any atom is -0.466 e. The summed E-state index contributed by atoms with van der Waals surface area (Å²) in [4.78, 5) is 23.2. The molecule has 20 heavy (non-hydrogen) atoms. The van der Waals surface area contributed by atoms with Crippen molar-refractivity contribution >= 4 is 11.8 Å². The molecule has 0 N–H and O–H groups in total. The van der Waals surface area contributed by atoms with Gasteiger partial charge in [0.05, 0.1) is 6.61 Å². The maximum atomic E-state index is 12.7. The number of ketones is 1. The predicted molar refractivity (Wildman–Crippen MR) is 75.0 cm³/mol. The van der Waals surface area contributed by atoms with Gasteiger partial charge in [-0.15, -0.1) is 0 Å². The monoisotopic (exact) mass is 280 g/mol. The Labute approximate surface area is 119 Å². The highest BCUT2D eigenvalue weighted by Gasteiger charge is 2.08. The van der Waals surface area contributed by atoms with Crippen molar-refractivity contribution in [2.45, 2.75) is 39.5 Å². The van der Waals surface area contributed by atoms with Crippen LogP contribution in [0.5, 0.6) is 0 Å². The van der Waals surface area contributed by atoms with Crippen molar-refractivity contribution in [1.29, 1.82) is 0 Å². The smallest absolute Gasteiger partial charge is 0.305 e. The van der Waals surface area contributed by atoms with E-state index in [-0.39, 0.29) is 30.4 Å². The van der Waals surface area contributed by atoms with E-state index in [1.807, 2.05) is 0 Å². The number of hydrogen-bond acceptors (Lipinski definition) is 3. The highest BCUT2D eigenvalue weighted by Crippen LogP contribution is 2.09. The third-order valence-electron chi connectivity index (χ3n) is 2.91. The maximum Gasteiger partial charge on any atom is 0.305 e. The minimum atomic E-state index is -0.365. The molecule has 0 fully saturated rings. The first-order valence-corrected chi connectivity index (χ1v) is 6.93. The summed E-state index contributed by atoms with van der Waals surface area (Å²) in [6, 6.07) is 5.43. The van der Waals surface area contributed by atoms with Crippen LogP contribution >= 0.6 is 0 Å². The third kappa shape index (κ3) is 6.45. The molecule has 0 spiro atoms. The number of esters is 1. The van der Waals surface area contributed by atoms with Crippen molar-refractivity contribution in [2.75, 3.05) is 6.61 Å². The molecule has 1 rings (SSSR count). The number of rotatable bonds is 8. The van der Waals surface area contributed by atoms with E-state index >= 15 is 0 Å². The van der Waals surface area contributed by atoms with Crippen molar-refractivity contribution in [3.63, 3.8) is 0 Å². The van der Waals surface area contributed by atoms with Gasteiger partial charge in [0, 0.05) is 18.4 Å². The van der Waals surface area contributed by atoms with E-state index < -0.39 is 0 Å². The number of carbonyl (C=O) groups is 2. The van der Waals surface area contributed by atoms with Crippen LogP contribution in [0.3, 0.4) is 0 Å². The molecular weight excluding hydrogens is 259 g/mol. The number of benzene rings is 1. The Bertz CT molecular complexity index is 438. The van der Waals surface area contributed by atoms with Gasteiger partial charge in [-0.2, -0.15) is 0 Å². The van der Waals surface area contributed by atoms with Crippen LogP contribution in [0.25, 0.3) is 0 Å². The van der Waals surface area contributed by atoms with Gasteiger partial charge in [0.2, 0.25) is 0 Å². The molecule has 0 bridgehead atoms. The van der Waals surface area contributed by atoms with Gasteiger partial charge in [0.1, 0.15) is 5.82 Å². The summed E-state index contributed by atoms with van der Waals surface area (Å²) >= 11 is 0. The van der Waals surface area contributed by atoms with E-state index in [1.54, 1.807) is 0 Å². The molecule has 0 aliphatic carbocycles. The van der Waals surface area contributed by atoms with Gasteiger partial charge in [0.25, 0.3) is 0 Å². The number of halogens is 1. The molecule has 0 aliphatic heterocycles. The zero-order chi connectivity index (χ0) is 15.0. The maximum absolute atomic E-state index is 12.7. The van der Waals surface area contributed by atoms with Crippen LogP contribution < -0.4 is 0 Å². The summed E-state index contributed by atoms with van der Waals surface area (Å²) in [5, 5.41) is 0. The molecule has 0 saturated carbocycles. The number of hydrogen-bond donors (Lipinski definition) is 0. The Balaban J connectivity index is 2.21. The SMILES string of the molecule is CC(C)CCOC(=O)CCCC(=O)c1ccc(F)cc1. The van der Waals surface area contributed by atoms with Crippen LogP contribution in [0.2, 0.25) is 0 Å². The van der Waals surface area contributed by atoms with Crippen molar-refractivity contribution in [3.8, 4) is 0 Å². The van der Waals surface area contributed by atoms with Crippen LogP contribution in [-0.4, -0.2) is 18.4 Å². The van der Waals surface area contributed by atoms with E-state index in [4.69, 9.17) is 4.74 Å². The summed E-state index contributed by atoms with van der Waals surface area (Å²) < 4.78 is 17.8. The van der Waals surface area contributed by atoms with E-state index in [0.717, 1.165) is 6.42 Å². The second-order valence-corrected chi connectivity index (χ2v) is 5.19. The second kappa shape index (κ2) is 8.46. The molecule has 0 aromatic heterocycles. The zero-order valence-electron chi connectivity index (χ0n) is 12.0. The third-order valence-corrected chi connectivity index (χ3v) is 2.91. The average molecular weight is 280 g/mol. The first-order chi connectivity index (χ1) is 9.49. The van der Waals surface area contributed by atoms with Crippen LogP contribution in [0.15, 0.2) is 24.3 Å². The number of carbonyl (C=O) groups excluding carboxylic acids is 2. The van der Waals surface area contributed by atoms with Gasteiger partial charge >= 0.3 is 5.97 Å². The first kappa shape index (κ1) is 16.3. The lowest BCUT2D eigenvalue weighted by molar-refractivity contribution is -0.144. The molecule has 4 heteroatoms. The number of Topliss-reactive ketones (excluding diaryl/α,β-unsaturated/α-hetero) is 1. The Morgan fingerprint density at radius 2 is 1.80 bits per heavy atom. The molecule has 110 valence electrons. The quantitative estimate of drug-likeness (QED) is 0.538. The molecule has 0 saturated heterocycles. The lowest BCUT2D eigenvalue weighted by Gasteiger charge is -2.06. The molecule has 0 unspecified atom stereocenters. The van der Waals surface area contributed by atoms with Crippen molar-refractivity contribution in [3.05, 3.63) is 35.6 Å². The van der Waals surface area contributed by atoms with Crippen LogP contribution in [0.4, 0.5) is 4.39 Å². The molecule has 0 heterocycles. The fraction of sp³-hybridized carbons (Fsp3) is 0.500. The van der Waals surface area contributed by atoms with Crippen molar-refractivity contribution in [1.82, 2.24) is 0 Å². The molecule has 0 amide bonds. The summed E-state index contributed by atoms with van der Waals surface area (Å²) in [7, 11) is 0. The van der Waals surface area contributed by atoms with Gasteiger partial charge < -0.3 is 4.74 Å². The van der Waals surface area contributed by atoms with Gasteiger partial charge in [-0.1, -0.05) is 13.8 Å². The highest BCUT2D eigenvalue weighted by molar-refractivity contribution is 5.96. The average Bonchev–Trinajstić information content (AvgIpc) is 2.39. The number of ether oxygens (including phenoxy) is 1. The molecule has 0 radical (unpaired) electrons. The van der Waals surface area contributed by atoms with E-state index in [1.165, 1.54) is 24.3 Å². The lowest BCUT2D eigenvalue weighted by Crippen LogP contribution is -2.08. The predicted octanol–water partition coefficient (Wildman–Crippen LogP) is 3.77. The molecular formula is C16H21FO3. The molecule has 1 aromatic carbocycles. The van der Waals surface area contributed by atoms with Crippen LogP contribution in [0.1, 0.15) is 49.9 Å². The molecule has 0 aliphatic rings. The van der Waals surface area contributed by atoms with E-state index in [2.05, 4.69) is 13.8 Å². The first-order valence-electron chi connectivity index (χ1n) is 6.93. The van der Waals surface area contributed by atoms with Crippen molar-refractivity contribution < 1.29 is 18.7 Å². The zero-order valence-corrected chi connectivity index (χ0v) is 12.0. The second-order valence-electron chi connectivity index (χ2n) is 5.19. The fourth-order valence-corrected chi connectivity index (χ4v) is 1.65. The Hall–Kier alpha value is -1.71. The molecule has 0 atom stereocenters.